The Labute approximate surface area is 147 Å². The number of phenolic OH excluding ortho intramolecular Hbond substituents is 1. The number of benzene rings is 2. The summed E-state index contributed by atoms with van der Waals surface area (Å²) in [5, 5.41) is 15.7. The van der Waals surface area contributed by atoms with Crippen molar-refractivity contribution in [3.8, 4) is 16.3 Å². The van der Waals surface area contributed by atoms with Crippen molar-refractivity contribution in [3.05, 3.63) is 71.0 Å². The van der Waals surface area contributed by atoms with E-state index in [0.29, 0.717) is 11.3 Å². The van der Waals surface area contributed by atoms with Gasteiger partial charge in [-0.05, 0) is 42.0 Å². The largest absolute Gasteiger partial charge is 0.508 e. The summed E-state index contributed by atoms with van der Waals surface area (Å²) in [4.78, 5) is 16.3. The van der Waals surface area contributed by atoms with E-state index in [1.54, 1.807) is 35.7 Å². The fourth-order valence-electron chi connectivity index (χ4n) is 2.10. The van der Waals surface area contributed by atoms with Crippen molar-refractivity contribution < 1.29 is 14.3 Å². The van der Waals surface area contributed by atoms with Gasteiger partial charge in [0.05, 0.1) is 18.3 Å². The van der Waals surface area contributed by atoms with Crippen LogP contribution in [0, 0.1) is 5.82 Å². The lowest BCUT2D eigenvalue weighted by Gasteiger charge is -1.98. The van der Waals surface area contributed by atoms with E-state index in [1.807, 2.05) is 0 Å². The molecule has 126 valence electrons. The van der Waals surface area contributed by atoms with Crippen molar-refractivity contribution in [2.24, 2.45) is 5.10 Å². The second kappa shape index (κ2) is 7.67. The number of amides is 1. The molecule has 3 rings (SSSR count). The van der Waals surface area contributed by atoms with E-state index >= 15 is 0 Å². The van der Waals surface area contributed by atoms with Gasteiger partial charge in [-0.25, -0.2) is 14.8 Å². The molecule has 1 heterocycles. The minimum Gasteiger partial charge on any atom is -0.508 e. The summed E-state index contributed by atoms with van der Waals surface area (Å²) in [5.74, 6) is -0.470. The van der Waals surface area contributed by atoms with Gasteiger partial charge in [0.2, 0.25) is 5.91 Å². The van der Waals surface area contributed by atoms with Gasteiger partial charge >= 0.3 is 0 Å². The molecular formula is C18H14FN3O2S. The standard InChI is InChI=1S/C18H14FN3O2S/c19-14-6-4-13(5-7-14)18-21-15(11-25-18)9-17(24)22-20-10-12-2-1-3-16(23)8-12/h1-8,10-11,23H,9H2,(H,22,24)/b20-10-. The highest BCUT2D eigenvalue weighted by Gasteiger charge is 2.08. The summed E-state index contributed by atoms with van der Waals surface area (Å²) in [6.45, 7) is 0. The van der Waals surface area contributed by atoms with Gasteiger partial charge in [-0.1, -0.05) is 12.1 Å². The van der Waals surface area contributed by atoms with Gasteiger partial charge in [-0.15, -0.1) is 11.3 Å². The van der Waals surface area contributed by atoms with Crippen molar-refractivity contribution in [1.82, 2.24) is 10.4 Å². The average molecular weight is 355 g/mol. The van der Waals surface area contributed by atoms with Crippen LogP contribution in [0.1, 0.15) is 11.3 Å². The van der Waals surface area contributed by atoms with Crippen LogP contribution in [0.15, 0.2) is 59.0 Å². The second-order valence-corrected chi connectivity index (χ2v) is 6.07. The Morgan fingerprint density at radius 3 is 2.84 bits per heavy atom. The molecule has 1 amide bonds. The number of aromatic hydroxyl groups is 1. The van der Waals surface area contributed by atoms with Gasteiger partial charge in [-0.3, -0.25) is 4.79 Å². The molecule has 0 saturated heterocycles. The molecule has 0 radical (unpaired) electrons. The van der Waals surface area contributed by atoms with Gasteiger partial charge in [-0.2, -0.15) is 5.10 Å². The molecule has 0 aliphatic rings. The highest BCUT2D eigenvalue weighted by Crippen LogP contribution is 2.24. The topological polar surface area (TPSA) is 74.6 Å². The normalized spacial score (nSPS) is 10.9. The number of hydrogen-bond acceptors (Lipinski definition) is 5. The van der Waals surface area contributed by atoms with Gasteiger partial charge < -0.3 is 5.11 Å². The van der Waals surface area contributed by atoms with Gasteiger partial charge in [0, 0.05) is 10.9 Å². The van der Waals surface area contributed by atoms with E-state index in [1.165, 1.54) is 35.8 Å². The number of thiazole rings is 1. The summed E-state index contributed by atoms with van der Waals surface area (Å²) in [6.07, 6.45) is 1.54. The lowest BCUT2D eigenvalue weighted by Crippen LogP contribution is -2.19. The molecule has 2 N–H and O–H groups in total. The minimum absolute atomic E-state index is 0.0923. The van der Waals surface area contributed by atoms with Gasteiger partial charge in [0.25, 0.3) is 0 Å². The van der Waals surface area contributed by atoms with E-state index in [2.05, 4.69) is 15.5 Å². The summed E-state index contributed by atoms with van der Waals surface area (Å²) in [5.41, 5.74) is 4.52. The summed E-state index contributed by atoms with van der Waals surface area (Å²) < 4.78 is 12.9. The Morgan fingerprint density at radius 2 is 2.08 bits per heavy atom. The molecule has 7 heteroatoms. The molecule has 2 aromatic carbocycles. The fraction of sp³-hybridized carbons (Fsp3) is 0.0556. The quantitative estimate of drug-likeness (QED) is 0.544. The number of aromatic nitrogens is 1. The average Bonchev–Trinajstić information content (AvgIpc) is 3.04. The predicted molar refractivity (Wildman–Crippen MR) is 95.1 cm³/mol. The van der Waals surface area contributed by atoms with Crippen molar-refractivity contribution in [1.29, 1.82) is 0 Å². The van der Waals surface area contributed by atoms with Crippen molar-refractivity contribution in [3.63, 3.8) is 0 Å². The lowest BCUT2D eigenvalue weighted by atomic mass is 10.2. The maximum Gasteiger partial charge on any atom is 0.246 e. The summed E-state index contributed by atoms with van der Waals surface area (Å²) in [6, 6.07) is 12.6. The van der Waals surface area contributed by atoms with E-state index in [-0.39, 0.29) is 23.9 Å². The summed E-state index contributed by atoms with van der Waals surface area (Å²) >= 11 is 1.39. The number of hydrogen-bond donors (Lipinski definition) is 2. The van der Waals surface area contributed by atoms with Crippen LogP contribution in [0.25, 0.3) is 10.6 Å². The van der Waals surface area contributed by atoms with E-state index < -0.39 is 0 Å². The SMILES string of the molecule is O=C(Cc1csc(-c2ccc(F)cc2)n1)N/N=C\c1cccc(O)c1. The highest BCUT2D eigenvalue weighted by atomic mass is 32.1. The number of hydrazone groups is 1. The number of phenols is 1. The van der Waals surface area contributed by atoms with Crippen LogP contribution < -0.4 is 5.43 Å². The van der Waals surface area contributed by atoms with Crippen LogP contribution in [0.2, 0.25) is 0 Å². The van der Waals surface area contributed by atoms with Crippen LogP contribution in [-0.4, -0.2) is 22.2 Å². The molecule has 0 bridgehead atoms. The predicted octanol–water partition coefficient (Wildman–Crippen LogP) is 3.35. The Hall–Kier alpha value is -3.06. The first-order chi connectivity index (χ1) is 12.1. The molecule has 5 nitrogen and oxygen atoms in total. The number of nitrogens with zero attached hydrogens (tertiary/aromatic N) is 2. The van der Waals surface area contributed by atoms with Gasteiger partial charge in [0.15, 0.2) is 0 Å². The zero-order valence-electron chi connectivity index (χ0n) is 13.0. The number of carbonyl (C=O) groups excluding carboxylic acids is 1. The first-order valence-corrected chi connectivity index (χ1v) is 8.29. The molecular weight excluding hydrogens is 341 g/mol. The van der Waals surface area contributed by atoms with E-state index in [0.717, 1.165) is 10.6 Å². The third-order valence-electron chi connectivity index (χ3n) is 3.26. The number of rotatable bonds is 5. The van der Waals surface area contributed by atoms with E-state index in [9.17, 15) is 14.3 Å². The Bertz CT molecular complexity index is 907. The molecule has 3 aromatic rings. The first kappa shape index (κ1) is 16.8. The van der Waals surface area contributed by atoms with Crippen molar-refractivity contribution in [2.45, 2.75) is 6.42 Å². The van der Waals surface area contributed by atoms with Gasteiger partial charge in [0.1, 0.15) is 16.6 Å². The number of carbonyl (C=O) groups is 1. The van der Waals surface area contributed by atoms with Crippen LogP contribution in [0.5, 0.6) is 5.75 Å². The fourth-order valence-corrected chi connectivity index (χ4v) is 2.93. The molecule has 0 aliphatic heterocycles. The highest BCUT2D eigenvalue weighted by molar-refractivity contribution is 7.13. The smallest absolute Gasteiger partial charge is 0.246 e. The molecule has 1 aromatic heterocycles. The van der Waals surface area contributed by atoms with Crippen LogP contribution in [-0.2, 0) is 11.2 Å². The third kappa shape index (κ3) is 4.71. The zero-order valence-corrected chi connectivity index (χ0v) is 13.8. The molecule has 0 fully saturated rings. The number of halogens is 1. The minimum atomic E-state index is -0.301. The first-order valence-electron chi connectivity index (χ1n) is 7.41. The monoisotopic (exact) mass is 355 g/mol. The lowest BCUT2D eigenvalue weighted by molar-refractivity contribution is -0.120. The Kier molecular flexibility index (Phi) is 5.15. The summed E-state index contributed by atoms with van der Waals surface area (Å²) in [7, 11) is 0. The Balaban J connectivity index is 1.57. The second-order valence-electron chi connectivity index (χ2n) is 5.22. The van der Waals surface area contributed by atoms with Crippen LogP contribution in [0.3, 0.4) is 0 Å². The van der Waals surface area contributed by atoms with Crippen LogP contribution in [0.4, 0.5) is 4.39 Å². The van der Waals surface area contributed by atoms with Crippen molar-refractivity contribution in [2.75, 3.05) is 0 Å². The third-order valence-corrected chi connectivity index (χ3v) is 4.20. The molecule has 0 unspecified atom stereocenters. The molecule has 0 aliphatic carbocycles. The molecule has 0 saturated carbocycles. The van der Waals surface area contributed by atoms with Crippen molar-refractivity contribution >= 4 is 23.5 Å². The Morgan fingerprint density at radius 1 is 1.28 bits per heavy atom. The molecule has 0 atom stereocenters. The molecule has 0 spiro atoms. The zero-order chi connectivity index (χ0) is 17.6. The van der Waals surface area contributed by atoms with E-state index in [4.69, 9.17) is 0 Å². The number of nitrogens with one attached hydrogen (secondary N) is 1. The molecule has 25 heavy (non-hydrogen) atoms. The maximum absolute atomic E-state index is 12.9. The van der Waals surface area contributed by atoms with Crippen LogP contribution >= 0.6 is 11.3 Å². The maximum atomic E-state index is 12.9.